The van der Waals surface area contributed by atoms with Crippen molar-refractivity contribution in [1.29, 1.82) is 0 Å². The minimum Gasteiger partial charge on any atom is -0.329 e. The number of nitrogens with two attached hydrogens (primary N) is 1. The second-order valence-electron chi connectivity index (χ2n) is 5.06. The highest BCUT2D eigenvalue weighted by molar-refractivity contribution is 5.81. The van der Waals surface area contributed by atoms with Crippen molar-refractivity contribution >= 4 is 11.0 Å². The molecule has 21 heavy (non-hydrogen) atoms. The van der Waals surface area contributed by atoms with Crippen LogP contribution in [-0.4, -0.2) is 14.5 Å². The first-order chi connectivity index (χ1) is 10.2. The number of benzene rings is 1. The zero-order chi connectivity index (χ0) is 14.8. The molecule has 0 atom stereocenters. The van der Waals surface area contributed by atoms with Gasteiger partial charge in [0.15, 0.2) is 0 Å². The Morgan fingerprint density at radius 1 is 1.29 bits per heavy atom. The molecule has 3 N–H and O–H groups in total. The van der Waals surface area contributed by atoms with Gasteiger partial charge in [-0.25, -0.2) is 4.98 Å². The van der Waals surface area contributed by atoms with Gasteiger partial charge in [-0.2, -0.15) is 0 Å². The maximum Gasteiger partial charge on any atom is 0.248 e. The summed E-state index contributed by atoms with van der Waals surface area (Å²) in [6.45, 7) is 3.49. The van der Waals surface area contributed by atoms with Gasteiger partial charge in [0.1, 0.15) is 5.82 Å². The van der Waals surface area contributed by atoms with Crippen LogP contribution < -0.4 is 11.3 Å². The third-order valence-corrected chi connectivity index (χ3v) is 3.53. The lowest BCUT2D eigenvalue weighted by molar-refractivity contribution is 0.704. The molecule has 2 aromatic heterocycles. The Balaban J connectivity index is 2.25. The number of aromatic amines is 1. The normalized spacial score (nSPS) is 11.1. The van der Waals surface area contributed by atoms with Gasteiger partial charge >= 0.3 is 0 Å². The predicted octanol–water partition coefficient (Wildman–Crippen LogP) is 2.26. The van der Waals surface area contributed by atoms with Gasteiger partial charge in [0.25, 0.3) is 0 Å². The minimum absolute atomic E-state index is 0.120. The highest BCUT2D eigenvalue weighted by Gasteiger charge is 2.12. The summed E-state index contributed by atoms with van der Waals surface area (Å²) in [5.74, 6) is 0.826. The highest BCUT2D eigenvalue weighted by atomic mass is 16.1. The van der Waals surface area contributed by atoms with E-state index >= 15 is 0 Å². The number of hydrogen-bond acceptors (Lipinski definition) is 3. The quantitative estimate of drug-likeness (QED) is 0.770. The molecule has 108 valence electrons. The number of nitrogens with zero attached hydrogens (tertiary/aromatic N) is 2. The molecule has 0 amide bonds. The summed E-state index contributed by atoms with van der Waals surface area (Å²) in [5, 5.41) is 0. The van der Waals surface area contributed by atoms with Crippen molar-refractivity contribution in [2.45, 2.75) is 26.4 Å². The Hall–Kier alpha value is -2.40. The van der Waals surface area contributed by atoms with Crippen molar-refractivity contribution < 1.29 is 0 Å². The molecule has 5 nitrogen and oxygen atoms in total. The Morgan fingerprint density at radius 3 is 2.86 bits per heavy atom. The number of aryl methyl sites for hydroxylation is 1. The zero-order valence-electron chi connectivity index (χ0n) is 12.0. The van der Waals surface area contributed by atoms with Crippen LogP contribution in [0.15, 0.2) is 41.3 Å². The number of hydrogen-bond donors (Lipinski definition) is 2. The second kappa shape index (κ2) is 5.54. The van der Waals surface area contributed by atoms with Crippen LogP contribution in [0.25, 0.3) is 22.4 Å². The number of nitrogens with one attached hydrogen (secondary N) is 1. The molecule has 5 heteroatoms. The fourth-order valence-corrected chi connectivity index (χ4v) is 2.56. The Morgan fingerprint density at radius 2 is 2.14 bits per heavy atom. The first-order valence-electron chi connectivity index (χ1n) is 7.11. The fraction of sp³-hybridized carbons (Fsp3) is 0.250. The molecule has 0 spiro atoms. The van der Waals surface area contributed by atoms with Gasteiger partial charge in [0.05, 0.1) is 11.0 Å². The van der Waals surface area contributed by atoms with Crippen LogP contribution in [0, 0.1) is 0 Å². The monoisotopic (exact) mass is 282 g/mol. The van der Waals surface area contributed by atoms with Gasteiger partial charge in [-0.1, -0.05) is 13.0 Å². The van der Waals surface area contributed by atoms with Crippen molar-refractivity contribution in [2.24, 2.45) is 5.73 Å². The lowest BCUT2D eigenvalue weighted by Crippen LogP contribution is -2.05. The summed E-state index contributed by atoms with van der Waals surface area (Å²) in [4.78, 5) is 18.9. The minimum atomic E-state index is -0.120. The number of pyridine rings is 1. The summed E-state index contributed by atoms with van der Waals surface area (Å²) in [7, 11) is 0. The lowest BCUT2D eigenvalue weighted by Gasteiger charge is -2.07. The van der Waals surface area contributed by atoms with Crippen molar-refractivity contribution in [2.75, 3.05) is 0 Å². The van der Waals surface area contributed by atoms with E-state index in [4.69, 9.17) is 10.7 Å². The standard InChI is InChI=1S/C16H18N4O/c1-2-7-20-14-4-3-11(10-17)8-13(14)19-16(20)12-5-6-18-15(21)9-12/h3-6,8-9H,2,7,10,17H2,1H3,(H,18,21). The van der Waals surface area contributed by atoms with Crippen LogP contribution in [0.1, 0.15) is 18.9 Å². The maximum absolute atomic E-state index is 11.5. The zero-order valence-corrected chi connectivity index (χ0v) is 12.0. The first-order valence-corrected chi connectivity index (χ1v) is 7.11. The van der Waals surface area contributed by atoms with Crippen molar-refractivity contribution in [3.8, 4) is 11.4 Å². The lowest BCUT2D eigenvalue weighted by atomic mass is 10.2. The first kappa shape index (κ1) is 13.6. The van der Waals surface area contributed by atoms with Crippen LogP contribution in [0.4, 0.5) is 0 Å². The van der Waals surface area contributed by atoms with Gasteiger partial charge in [-0.05, 0) is 30.2 Å². The molecule has 0 aliphatic rings. The average Bonchev–Trinajstić information content (AvgIpc) is 2.85. The molecule has 0 fully saturated rings. The Kier molecular flexibility index (Phi) is 3.58. The van der Waals surface area contributed by atoms with E-state index in [9.17, 15) is 4.79 Å². The summed E-state index contributed by atoms with van der Waals surface area (Å²) < 4.78 is 2.16. The van der Waals surface area contributed by atoms with Crippen LogP contribution >= 0.6 is 0 Å². The molecule has 0 saturated carbocycles. The predicted molar refractivity (Wildman–Crippen MR) is 84.0 cm³/mol. The van der Waals surface area contributed by atoms with E-state index in [1.807, 2.05) is 18.2 Å². The van der Waals surface area contributed by atoms with Crippen LogP contribution in [0.5, 0.6) is 0 Å². The number of aromatic nitrogens is 3. The van der Waals surface area contributed by atoms with Crippen LogP contribution in [0.3, 0.4) is 0 Å². The van der Waals surface area contributed by atoms with Crippen LogP contribution in [-0.2, 0) is 13.1 Å². The number of fused-ring (bicyclic) bond motifs is 1. The van der Waals surface area contributed by atoms with Gasteiger partial charge in [-0.3, -0.25) is 4.79 Å². The van der Waals surface area contributed by atoms with E-state index in [1.165, 1.54) is 0 Å². The van der Waals surface area contributed by atoms with E-state index in [0.29, 0.717) is 6.54 Å². The van der Waals surface area contributed by atoms with E-state index < -0.39 is 0 Å². The van der Waals surface area contributed by atoms with Crippen LogP contribution in [0.2, 0.25) is 0 Å². The SMILES string of the molecule is CCCn1c(-c2cc[nH]c(=O)c2)nc2cc(CN)ccc21. The smallest absolute Gasteiger partial charge is 0.248 e. The number of imidazole rings is 1. The van der Waals surface area contributed by atoms with Gasteiger partial charge < -0.3 is 15.3 Å². The molecule has 3 rings (SSSR count). The van der Waals surface area contributed by atoms with E-state index in [0.717, 1.165) is 41.0 Å². The van der Waals surface area contributed by atoms with Gasteiger partial charge in [0, 0.05) is 30.9 Å². The summed E-state index contributed by atoms with van der Waals surface area (Å²) in [6.07, 6.45) is 2.65. The third kappa shape index (κ3) is 2.48. The number of rotatable bonds is 4. The van der Waals surface area contributed by atoms with Crippen molar-refractivity contribution in [3.63, 3.8) is 0 Å². The molecule has 0 unspecified atom stereocenters. The molecule has 0 saturated heterocycles. The molecule has 2 heterocycles. The van der Waals surface area contributed by atoms with Gasteiger partial charge in [-0.15, -0.1) is 0 Å². The molecule has 0 aliphatic heterocycles. The largest absolute Gasteiger partial charge is 0.329 e. The fourth-order valence-electron chi connectivity index (χ4n) is 2.56. The topological polar surface area (TPSA) is 76.7 Å². The van der Waals surface area contributed by atoms with Crippen molar-refractivity contribution in [3.05, 3.63) is 52.4 Å². The maximum atomic E-state index is 11.5. The highest BCUT2D eigenvalue weighted by Crippen LogP contribution is 2.25. The molecular formula is C16H18N4O. The van der Waals surface area contributed by atoms with Gasteiger partial charge in [0.2, 0.25) is 5.56 Å². The van der Waals surface area contributed by atoms with E-state index in [-0.39, 0.29) is 5.56 Å². The Labute approximate surface area is 122 Å². The second-order valence-corrected chi connectivity index (χ2v) is 5.06. The summed E-state index contributed by atoms with van der Waals surface area (Å²) >= 11 is 0. The van der Waals surface area contributed by atoms with E-state index in [2.05, 4.69) is 22.5 Å². The summed E-state index contributed by atoms with van der Waals surface area (Å²) in [6, 6.07) is 9.54. The molecule has 0 bridgehead atoms. The summed E-state index contributed by atoms with van der Waals surface area (Å²) in [5.41, 5.74) is 9.45. The molecule has 3 aromatic rings. The molecule has 0 aliphatic carbocycles. The average molecular weight is 282 g/mol. The van der Waals surface area contributed by atoms with E-state index in [1.54, 1.807) is 12.3 Å². The molecular weight excluding hydrogens is 264 g/mol. The van der Waals surface area contributed by atoms with Crippen molar-refractivity contribution in [1.82, 2.24) is 14.5 Å². The third-order valence-electron chi connectivity index (χ3n) is 3.53. The molecule has 1 aromatic carbocycles. The Bertz CT molecular complexity index is 832. The number of H-pyrrole nitrogens is 1. The molecule has 0 radical (unpaired) electrons.